The summed E-state index contributed by atoms with van der Waals surface area (Å²) in [5.74, 6) is 0. The van der Waals surface area contributed by atoms with Gasteiger partial charge in [0, 0.05) is 5.33 Å². The summed E-state index contributed by atoms with van der Waals surface area (Å²) >= 11 is 0. The predicted octanol–water partition coefficient (Wildman–Crippen LogP) is 2.56. The fourth-order valence-electron chi connectivity index (χ4n) is 1.78. The molecule has 0 aliphatic carbocycles. The first kappa shape index (κ1) is 8.69. The van der Waals surface area contributed by atoms with Gasteiger partial charge in [0.05, 0.1) is 5.69 Å². The second-order valence-electron chi connectivity index (χ2n) is 4.34. The molecule has 0 amide bonds. The maximum absolute atomic E-state index is 4.64. The smallest absolute Gasteiger partial charge is 0.132 e. The van der Waals surface area contributed by atoms with Gasteiger partial charge in [-0.25, -0.2) is 0 Å². The molecule has 0 saturated heterocycles. The van der Waals surface area contributed by atoms with Gasteiger partial charge in [0.2, 0.25) is 0 Å². The van der Waals surface area contributed by atoms with Crippen molar-refractivity contribution in [2.75, 3.05) is 0 Å². The van der Waals surface area contributed by atoms with Crippen LogP contribution < -0.4 is 5.19 Å². The zero-order valence-electron chi connectivity index (χ0n) is 8.68. The normalized spacial score (nSPS) is 18.3. The van der Waals surface area contributed by atoms with Crippen LogP contribution in [0.2, 0.25) is 13.1 Å². The molecule has 1 aliphatic rings. The maximum Gasteiger partial charge on any atom is 0.132 e. The zero-order valence-corrected chi connectivity index (χ0v) is 9.68. The standard InChI is InChI=1S/C11H15NSi/c1-8-5-6-11-10(7-8)12-9(2)13(11,3)4/h5-7H,1-4H3. The molecule has 0 spiro atoms. The van der Waals surface area contributed by atoms with Crippen LogP contribution in [0, 0.1) is 6.92 Å². The van der Waals surface area contributed by atoms with Crippen molar-refractivity contribution in [2.24, 2.45) is 4.99 Å². The number of fused-ring (bicyclic) bond motifs is 1. The summed E-state index contributed by atoms with van der Waals surface area (Å²) in [6.45, 7) is 9.03. The van der Waals surface area contributed by atoms with Crippen LogP contribution in [0.3, 0.4) is 0 Å². The SMILES string of the molecule is CC1=Nc2cc(C)ccc2[Si]1(C)C. The minimum atomic E-state index is -1.34. The van der Waals surface area contributed by atoms with Gasteiger partial charge in [-0.3, -0.25) is 4.99 Å². The van der Waals surface area contributed by atoms with Gasteiger partial charge in [-0.15, -0.1) is 0 Å². The Morgan fingerprint density at radius 2 is 1.85 bits per heavy atom. The molecule has 2 heteroatoms. The molecule has 13 heavy (non-hydrogen) atoms. The Morgan fingerprint density at radius 3 is 2.54 bits per heavy atom. The first-order chi connectivity index (χ1) is 6.01. The lowest BCUT2D eigenvalue weighted by atomic mass is 10.2. The van der Waals surface area contributed by atoms with Gasteiger partial charge in [-0.2, -0.15) is 0 Å². The monoisotopic (exact) mass is 189 g/mol. The molecule has 0 bridgehead atoms. The molecule has 1 nitrogen and oxygen atoms in total. The summed E-state index contributed by atoms with van der Waals surface area (Å²) in [5.41, 5.74) is 2.52. The quantitative estimate of drug-likeness (QED) is 0.556. The van der Waals surface area contributed by atoms with Crippen LogP contribution in [-0.2, 0) is 0 Å². The molecular formula is C11H15NSi. The second kappa shape index (κ2) is 2.55. The molecule has 0 saturated carbocycles. The van der Waals surface area contributed by atoms with Gasteiger partial charge in [0.1, 0.15) is 8.07 Å². The first-order valence-corrected chi connectivity index (χ1v) is 7.69. The van der Waals surface area contributed by atoms with E-state index in [-0.39, 0.29) is 0 Å². The molecule has 68 valence electrons. The summed E-state index contributed by atoms with van der Waals surface area (Å²) < 4.78 is 0. The summed E-state index contributed by atoms with van der Waals surface area (Å²) in [4.78, 5) is 4.64. The topological polar surface area (TPSA) is 12.4 Å². The zero-order chi connectivity index (χ0) is 9.64. The minimum absolute atomic E-state index is 1.22. The van der Waals surface area contributed by atoms with Gasteiger partial charge in [-0.05, 0) is 30.7 Å². The van der Waals surface area contributed by atoms with E-state index in [1.54, 1.807) is 0 Å². The molecule has 1 aromatic carbocycles. The molecule has 1 heterocycles. The van der Waals surface area contributed by atoms with E-state index in [0.29, 0.717) is 0 Å². The molecule has 0 unspecified atom stereocenters. The molecule has 2 rings (SSSR count). The van der Waals surface area contributed by atoms with Crippen LogP contribution in [0.25, 0.3) is 0 Å². The van der Waals surface area contributed by atoms with Crippen LogP contribution in [0.1, 0.15) is 12.5 Å². The van der Waals surface area contributed by atoms with E-state index in [9.17, 15) is 0 Å². The molecule has 0 atom stereocenters. The Hall–Kier alpha value is -0.893. The number of aliphatic imine (C=N–C) groups is 1. The highest BCUT2D eigenvalue weighted by atomic mass is 28.3. The van der Waals surface area contributed by atoms with E-state index in [0.717, 1.165) is 0 Å². The van der Waals surface area contributed by atoms with Crippen molar-refractivity contribution in [3.63, 3.8) is 0 Å². The summed E-state index contributed by atoms with van der Waals surface area (Å²) in [6, 6.07) is 6.65. The molecule has 0 N–H and O–H groups in total. The van der Waals surface area contributed by atoms with Crippen LogP contribution >= 0.6 is 0 Å². The largest absolute Gasteiger partial charge is 0.262 e. The highest BCUT2D eigenvalue weighted by Gasteiger charge is 2.34. The van der Waals surface area contributed by atoms with Crippen LogP contribution in [0.5, 0.6) is 0 Å². The molecular weight excluding hydrogens is 174 g/mol. The van der Waals surface area contributed by atoms with Crippen molar-refractivity contribution in [3.8, 4) is 0 Å². The lowest BCUT2D eigenvalue weighted by Crippen LogP contribution is -2.45. The fourth-order valence-corrected chi connectivity index (χ4v) is 3.84. The number of hydrogen-bond acceptors (Lipinski definition) is 1. The Labute approximate surface area is 80.5 Å². The van der Waals surface area contributed by atoms with Crippen LogP contribution in [-0.4, -0.2) is 13.4 Å². The number of nitrogens with zero attached hydrogens (tertiary/aromatic N) is 1. The van der Waals surface area contributed by atoms with Crippen molar-refractivity contribution >= 4 is 24.3 Å². The lowest BCUT2D eigenvalue weighted by Gasteiger charge is -2.16. The number of benzene rings is 1. The van der Waals surface area contributed by atoms with E-state index in [4.69, 9.17) is 0 Å². The third-order valence-corrected chi connectivity index (χ3v) is 6.71. The fraction of sp³-hybridized carbons (Fsp3) is 0.364. The van der Waals surface area contributed by atoms with Crippen molar-refractivity contribution in [2.45, 2.75) is 26.9 Å². The average Bonchev–Trinajstić information content (AvgIpc) is 2.23. The molecule has 0 fully saturated rings. The first-order valence-electron chi connectivity index (χ1n) is 4.69. The van der Waals surface area contributed by atoms with Crippen molar-refractivity contribution in [1.29, 1.82) is 0 Å². The predicted molar refractivity (Wildman–Crippen MR) is 61.1 cm³/mol. The van der Waals surface area contributed by atoms with Gasteiger partial charge in [0.15, 0.2) is 0 Å². The van der Waals surface area contributed by atoms with Crippen LogP contribution in [0.4, 0.5) is 5.69 Å². The Balaban J connectivity index is 2.65. The van der Waals surface area contributed by atoms with Gasteiger partial charge in [0.25, 0.3) is 0 Å². The van der Waals surface area contributed by atoms with Crippen molar-refractivity contribution < 1.29 is 0 Å². The molecule has 0 aromatic heterocycles. The molecule has 1 aromatic rings. The van der Waals surface area contributed by atoms with E-state index in [2.05, 4.69) is 50.1 Å². The van der Waals surface area contributed by atoms with Crippen molar-refractivity contribution in [3.05, 3.63) is 23.8 Å². The molecule has 0 radical (unpaired) electrons. The Morgan fingerprint density at radius 1 is 1.15 bits per heavy atom. The average molecular weight is 189 g/mol. The van der Waals surface area contributed by atoms with E-state index >= 15 is 0 Å². The third kappa shape index (κ3) is 1.17. The Bertz CT molecular complexity index is 391. The highest BCUT2D eigenvalue weighted by Crippen LogP contribution is 2.24. The number of hydrogen-bond donors (Lipinski definition) is 0. The minimum Gasteiger partial charge on any atom is -0.262 e. The van der Waals surface area contributed by atoms with Gasteiger partial charge in [-0.1, -0.05) is 25.2 Å². The lowest BCUT2D eigenvalue weighted by molar-refractivity contribution is 1.45. The van der Waals surface area contributed by atoms with E-state index in [1.165, 1.54) is 21.8 Å². The maximum atomic E-state index is 4.64. The highest BCUT2D eigenvalue weighted by molar-refractivity contribution is 7.15. The summed E-state index contributed by atoms with van der Waals surface area (Å²) in [7, 11) is -1.34. The van der Waals surface area contributed by atoms with Gasteiger partial charge >= 0.3 is 0 Å². The van der Waals surface area contributed by atoms with E-state index < -0.39 is 8.07 Å². The number of rotatable bonds is 0. The summed E-state index contributed by atoms with van der Waals surface area (Å²) in [6.07, 6.45) is 0. The van der Waals surface area contributed by atoms with Crippen LogP contribution in [0.15, 0.2) is 23.2 Å². The van der Waals surface area contributed by atoms with Gasteiger partial charge < -0.3 is 0 Å². The summed E-state index contributed by atoms with van der Waals surface area (Å²) in [5, 5.41) is 2.85. The van der Waals surface area contributed by atoms with E-state index in [1.807, 2.05) is 0 Å². The third-order valence-electron chi connectivity index (χ3n) is 3.02. The second-order valence-corrected chi connectivity index (χ2v) is 8.86. The molecule has 1 aliphatic heterocycles. The van der Waals surface area contributed by atoms with Crippen molar-refractivity contribution in [1.82, 2.24) is 0 Å². The Kier molecular flexibility index (Phi) is 1.70. The number of aryl methyl sites for hydroxylation is 1.